The van der Waals surface area contributed by atoms with Crippen molar-refractivity contribution in [1.82, 2.24) is 0 Å². The van der Waals surface area contributed by atoms with E-state index in [2.05, 4.69) is 55.0 Å². The standard InChI is InChI=1S/C13H16NS.HI/c1-4-14-12-7-5-10(2)9-11(12)6-8-13(14)15-3;/h5-9H,4H2,1-3H3;1H/q+1;/p-1. The van der Waals surface area contributed by atoms with Crippen molar-refractivity contribution in [2.75, 3.05) is 6.26 Å². The average molecular weight is 345 g/mol. The summed E-state index contributed by atoms with van der Waals surface area (Å²) in [6, 6.07) is 11.0. The second-order valence-corrected chi connectivity index (χ2v) is 4.51. The smallest absolute Gasteiger partial charge is 0.240 e. The normalized spacial score (nSPS) is 10.2. The molecule has 0 bridgehead atoms. The zero-order valence-corrected chi connectivity index (χ0v) is 12.8. The highest BCUT2D eigenvalue weighted by Gasteiger charge is 2.12. The highest BCUT2D eigenvalue weighted by Crippen LogP contribution is 2.17. The molecule has 0 aliphatic carbocycles. The van der Waals surface area contributed by atoms with Crippen LogP contribution in [-0.4, -0.2) is 6.26 Å². The summed E-state index contributed by atoms with van der Waals surface area (Å²) in [6.07, 6.45) is 2.13. The third kappa shape index (κ3) is 2.51. The van der Waals surface area contributed by atoms with E-state index in [1.165, 1.54) is 21.5 Å². The lowest BCUT2D eigenvalue weighted by atomic mass is 10.1. The first-order chi connectivity index (χ1) is 7.26. The Balaban J connectivity index is 0.00000128. The molecule has 1 aromatic carbocycles. The summed E-state index contributed by atoms with van der Waals surface area (Å²) in [5, 5.41) is 2.66. The Morgan fingerprint density at radius 3 is 2.56 bits per heavy atom. The van der Waals surface area contributed by atoms with E-state index < -0.39 is 0 Å². The van der Waals surface area contributed by atoms with Gasteiger partial charge in [-0.25, -0.2) is 0 Å². The molecule has 0 amide bonds. The minimum Gasteiger partial charge on any atom is -1.00 e. The van der Waals surface area contributed by atoms with Crippen LogP contribution in [0.2, 0.25) is 0 Å². The fraction of sp³-hybridized carbons (Fsp3) is 0.308. The van der Waals surface area contributed by atoms with Crippen LogP contribution in [0.4, 0.5) is 0 Å². The molecule has 0 radical (unpaired) electrons. The molecule has 1 heterocycles. The van der Waals surface area contributed by atoms with Gasteiger partial charge in [-0.15, -0.1) is 0 Å². The molecule has 0 spiro atoms. The fourth-order valence-electron chi connectivity index (χ4n) is 1.93. The molecule has 2 rings (SSSR count). The number of rotatable bonds is 2. The average Bonchev–Trinajstić information content (AvgIpc) is 2.27. The van der Waals surface area contributed by atoms with Crippen molar-refractivity contribution in [2.24, 2.45) is 0 Å². The van der Waals surface area contributed by atoms with Crippen LogP contribution >= 0.6 is 11.8 Å². The Morgan fingerprint density at radius 1 is 1.19 bits per heavy atom. The second-order valence-electron chi connectivity index (χ2n) is 3.68. The first-order valence-electron chi connectivity index (χ1n) is 5.23. The third-order valence-electron chi connectivity index (χ3n) is 2.67. The Hall–Kier alpha value is -0.290. The first kappa shape index (κ1) is 13.8. The minimum absolute atomic E-state index is 0. The van der Waals surface area contributed by atoms with Gasteiger partial charge in [-0.1, -0.05) is 23.4 Å². The predicted molar refractivity (Wildman–Crippen MR) is 66.3 cm³/mol. The van der Waals surface area contributed by atoms with E-state index in [9.17, 15) is 0 Å². The largest absolute Gasteiger partial charge is 1.00 e. The number of fused-ring (bicyclic) bond motifs is 1. The van der Waals surface area contributed by atoms with Gasteiger partial charge >= 0.3 is 0 Å². The molecule has 16 heavy (non-hydrogen) atoms. The monoisotopic (exact) mass is 345 g/mol. The molecular weight excluding hydrogens is 329 g/mol. The predicted octanol–water partition coefficient (Wildman–Crippen LogP) is 0.182. The molecule has 0 saturated carbocycles. The van der Waals surface area contributed by atoms with Crippen molar-refractivity contribution in [1.29, 1.82) is 0 Å². The Bertz CT molecular complexity index is 497. The number of halogens is 1. The number of aryl methyl sites for hydroxylation is 2. The van der Waals surface area contributed by atoms with Crippen LogP contribution in [0.3, 0.4) is 0 Å². The highest BCUT2D eigenvalue weighted by atomic mass is 127. The molecule has 0 atom stereocenters. The van der Waals surface area contributed by atoms with E-state index in [0.717, 1.165) is 6.54 Å². The van der Waals surface area contributed by atoms with E-state index in [-0.39, 0.29) is 24.0 Å². The van der Waals surface area contributed by atoms with Gasteiger partial charge in [0, 0.05) is 17.5 Å². The summed E-state index contributed by atoms with van der Waals surface area (Å²) in [5.41, 5.74) is 2.65. The molecule has 1 nitrogen and oxygen atoms in total. The molecule has 0 aliphatic rings. The number of aromatic nitrogens is 1. The van der Waals surface area contributed by atoms with Gasteiger partial charge in [0.1, 0.15) is 6.54 Å². The summed E-state index contributed by atoms with van der Waals surface area (Å²) in [5.74, 6) is 0. The van der Waals surface area contributed by atoms with E-state index in [1.807, 2.05) is 0 Å². The molecular formula is C13H16INS. The zero-order chi connectivity index (χ0) is 10.8. The highest BCUT2D eigenvalue weighted by molar-refractivity contribution is 7.98. The zero-order valence-electron chi connectivity index (χ0n) is 9.83. The van der Waals surface area contributed by atoms with Gasteiger partial charge in [0.2, 0.25) is 10.5 Å². The van der Waals surface area contributed by atoms with Gasteiger partial charge in [-0.2, -0.15) is 4.57 Å². The molecule has 3 heteroatoms. The lowest BCUT2D eigenvalue weighted by Gasteiger charge is -2.03. The van der Waals surface area contributed by atoms with E-state index >= 15 is 0 Å². The fourth-order valence-corrected chi connectivity index (χ4v) is 2.58. The van der Waals surface area contributed by atoms with Crippen LogP contribution in [0.15, 0.2) is 35.4 Å². The van der Waals surface area contributed by atoms with Crippen molar-refractivity contribution in [3.8, 4) is 0 Å². The number of hydrogen-bond donors (Lipinski definition) is 0. The molecule has 2 aromatic rings. The van der Waals surface area contributed by atoms with Crippen LogP contribution < -0.4 is 28.5 Å². The topological polar surface area (TPSA) is 3.88 Å². The van der Waals surface area contributed by atoms with Gasteiger partial charge in [-0.3, -0.25) is 0 Å². The van der Waals surface area contributed by atoms with Crippen LogP contribution in [0.25, 0.3) is 10.9 Å². The maximum Gasteiger partial charge on any atom is 0.240 e. The molecule has 0 saturated heterocycles. The van der Waals surface area contributed by atoms with Crippen LogP contribution in [0.1, 0.15) is 12.5 Å². The summed E-state index contributed by atoms with van der Waals surface area (Å²) in [6.45, 7) is 5.35. The second kappa shape index (κ2) is 5.87. The van der Waals surface area contributed by atoms with Crippen molar-refractivity contribution >= 4 is 22.7 Å². The Morgan fingerprint density at radius 2 is 1.94 bits per heavy atom. The van der Waals surface area contributed by atoms with Gasteiger partial charge < -0.3 is 24.0 Å². The van der Waals surface area contributed by atoms with Gasteiger partial charge in [0.25, 0.3) is 0 Å². The van der Waals surface area contributed by atoms with Crippen LogP contribution in [0.5, 0.6) is 0 Å². The van der Waals surface area contributed by atoms with Crippen LogP contribution in [0, 0.1) is 6.92 Å². The molecule has 86 valence electrons. The summed E-state index contributed by atoms with van der Waals surface area (Å²) >= 11 is 1.80. The van der Waals surface area contributed by atoms with E-state index in [0.29, 0.717) is 0 Å². The SMILES string of the molecule is CC[n+]1c(SC)ccc2cc(C)ccc21.[I-]. The van der Waals surface area contributed by atoms with E-state index in [1.54, 1.807) is 11.8 Å². The van der Waals surface area contributed by atoms with Crippen molar-refractivity contribution in [3.63, 3.8) is 0 Å². The van der Waals surface area contributed by atoms with E-state index in [4.69, 9.17) is 0 Å². The Labute approximate surface area is 118 Å². The van der Waals surface area contributed by atoms with Gasteiger partial charge in [0.05, 0.1) is 0 Å². The van der Waals surface area contributed by atoms with Crippen molar-refractivity contribution < 1.29 is 28.5 Å². The minimum atomic E-state index is 0. The molecule has 1 aromatic heterocycles. The summed E-state index contributed by atoms with van der Waals surface area (Å²) in [7, 11) is 0. The third-order valence-corrected chi connectivity index (χ3v) is 3.45. The van der Waals surface area contributed by atoms with Gasteiger partial charge in [-0.05, 0) is 32.2 Å². The number of nitrogens with zero attached hydrogens (tertiary/aromatic N) is 1. The lowest BCUT2D eigenvalue weighted by Crippen LogP contribution is -3.00. The maximum absolute atomic E-state index is 2.36. The number of thioether (sulfide) groups is 1. The molecule has 0 N–H and O–H groups in total. The molecule has 0 fully saturated rings. The number of hydrogen-bond acceptors (Lipinski definition) is 1. The van der Waals surface area contributed by atoms with Crippen LogP contribution in [-0.2, 0) is 6.54 Å². The van der Waals surface area contributed by atoms with Gasteiger partial charge in [0.15, 0.2) is 0 Å². The van der Waals surface area contributed by atoms with Crippen molar-refractivity contribution in [3.05, 3.63) is 35.9 Å². The molecule has 0 aliphatic heterocycles. The Kier molecular flexibility index (Phi) is 5.05. The summed E-state index contributed by atoms with van der Waals surface area (Å²) < 4.78 is 2.36. The molecule has 0 unspecified atom stereocenters. The maximum atomic E-state index is 2.36. The van der Waals surface area contributed by atoms with Crippen molar-refractivity contribution in [2.45, 2.75) is 25.4 Å². The summed E-state index contributed by atoms with van der Waals surface area (Å²) in [4.78, 5) is 0. The number of benzene rings is 1. The quantitative estimate of drug-likeness (QED) is 0.427. The lowest BCUT2D eigenvalue weighted by molar-refractivity contribution is -0.704. The number of pyridine rings is 1. The first-order valence-corrected chi connectivity index (χ1v) is 6.46.